The number of aliphatic hydroxyl groups is 1. The predicted molar refractivity (Wildman–Crippen MR) is 48.1 cm³/mol. The molecule has 1 aliphatic rings. The van der Waals surface area contributed by atoms with Crippen molar-refractivity contribution in [1.29, 1.82) is 0 Å². The maximum absolute atomic E-state index is 9.23. The first-order valence-corrected chi connectivity index (χ1v) is 4.57. The first kappa shape index (κ1) is 9.96. The van der Waals surface area contributed by atoms with Crippen LogP contribution < -0.4 is 5.32 Å². The van der Waals surface area contributed by atoms with Crippen LogP contribution in [0.15, 0.2) is 0 Å². The summed E-state index contributed by atoms with van der Waals surface area (Å²) in [4.78, 5) is 0. The Morgan fingerprint density at radius 1 is 1.75 bits per heavy atom. The van der Waals surface area contributed by atoms with Gasteiger partial charge in [0.2, 0.25) is 0 Å². The van der Waals surface area contributed by atoms with E-state index in [1.54, 1.807) is 6.92 Å². The molecule has 0 aromatic heterocycles. The van der Waals surface area contributed by atoms with E-state index in [1.807, 2.05) is 6.92 Å². The normalized spacial score (nSPS) is 39.5. The minimum atomic E-state index is -0.287. The van der Waals surface area contributed by atoms with Gasteiger partial charge in [-0.05, 0) is 20.8 Å². The van der Waals surface area contributed by atoms with E-state index in [2.05, 4.69) is 12.2 Å². The molecule has 2 N–H and O–H groups in total. The van der Waals surface area contributed by atoms with Gasteiger partial charge in [0.05, 0.1) is 18.3 Å². The fourth-order valence-corrected chi connectivity index (χ4v) is 1.58. The topological polar surface area (TPSA) is 41.5 Å². The number of hydrogen-bond acceptors (Lipinski definition) is 3. The van der Waals surface area contributed by atoms with Crippen molar-refractivity contribution in [2.24, 2.45) is 0 Å². The van der Waals surface area contributed by atoms with Gasteiger partial charge in [0.15, 0.2) is 0 Å². The number of rotatable bonds is 2. The predicted octanol–water partition coefficient (Wildman–Crippen LogP) is 0.524. The van der Waals surface area contributed by atoms with E-state index in [0.717, 1.165) is 13.2 Å². The highest BCUT2D eigenvalue weighted by Crippen LogP contribution is 2.20. The smallest absolute Gasteiger partial charge is 0.0803 e. The molecule has 0 bridgehead atoms. The Balaban J connectivity index is 2.39. The van der Waals surface area contributed by atoms with Gasteiger partial charge < -0.3 is 15.2 Å². The van der Waals surface area contributed by atoms with Gasteiger partial charge >= 0.3 is 0 Å². The summed E-state index contributed by atoms with van der Waals surface area (Å²) in [5.74, 6) is 0. The van der Waals surface area contributed by atoms with Crippen molar-refractivity contribution in [3.8, 4) is 0 Å². The molecule has 3 heteroatoms. The van der Waals surface area contributed by atoms with Crippen molar-refractivity contribution in [3.05, 3.63) is 0 Å². The lowest BCUT2D eigenvalue weighted by Gasteiger charge is -2.38. The van der Waals surface area contributed by atoms with Gasteiger partial charge in [0.25, 0.3) is 0 Å². The quantitative estimate of drug-likeness (QED) is 0.640. The first-order chi connectivity index (χ1) is 5.52. The second kappa shape index (κ2) is 3.73. The Morgan fingerprint density at radius 3 is 2.83 bits per heavy atom. The summed E-state index contributed by atoms with van der Waals surface area (Å²) in [6.07, 6.45) is 0.414. The molecule has 0 saturated carbocycles. The molecule has 1 saturated heterocycles. The second-order valence-electron chi connectivity index (χ2n) is 4.10. The van der Waals surface area contributed by atoms with Crippen LogP contribution in [0.5, 0.6) is 0 Å². The summed E-state index contributed by atoms with van der Waals surface area (Å²) in [5, 5.41) is 12.6. The highest BCUT2D eigenvalue weighted by Gasteiger charge is 2.31. The molecule has 0 amide bonds. The summed E-state index contributed by atoms with van der Waals surface area (Å²) in [5.41, 5.74) is -0.180. The maximum atomic E-state index is 9.23. The minimum Gasteiger partial charge on any atom is -0.393 e. The van der Waals surface area contributed by atoms with Crippen LogP contribution in [0.2, 0.25) is 0 Å². The summed E-state index contributed by atoms with van der Waals surface area (Å²) < 4.78 is 5.67. The van der Waals surface area contributed by atoms with E-state index in [-0.39, 0.29) is 11.7 Å². The van der Waals surface area contributed by atoms with Gasteiger partial charge in [-0.1, -0.05) is 0 Å². The van der Waals surface area contributed by atoms with Gasteiger partial charge in [0, 0.05) is 19.0 Å². The Morgan fingerprint density at radius 2 is 2.42 bits per heavy atom. The summed E-state index contributed by atoms with van der Waals surface area (Å²) in [6, 6.07) is 0.437. The van der Waals surface area contributed by atoms with Crippen LogP contribution in [-0.2, 0) is 4.74 Å². The van der Waals surface area contributed by atoms with Crippen LogP contribution in [0.1, 0.15) is 27.2 Å². The van der Waals surface area contributed by atoms with E-state index in [9.17, 15) is 5.11 Å². The average Bonchev–Trinajstić information content (AvgIpc) is 1.94. The molecular weight excluding hydrogens is 154 g/mol. The fourth-order valence-electron chi connectivity index (χ4n) is 1.58. The molecule has 1 aliphatic heterocycles. The van der Waals surface area contributed by atoms with Crippen molar-refractivity contribution in [3.63, 3.8) is 0 Å². The third kappa shape index (κ3) is 2.73. The van der Waals surface area contributed by atoms with Crippen molar-refractivity contribution in [2.75, 3.05) is 13.2 Å². The second-order valence-corrected chi connectivity index (χ2v) is 4.10. The van der Waals surface area contributed by atoms with Crippen LogP contribution in [0, 0.1) is 0 Å². The van der Waals surface area contributed by atoms with Gasteiger partial charge in [0.1, 0.15) is 0 Å². The standard InChI is InChI=1S/C9H19NO2/c1-7-5-12-9(3,6-10-7)4-8(2)11/h7-8,10-11H,4-6H2,1-3H3. The Bertz CT molecular complexity index is 139. The van der Waals surface area contributed by atoms with E-state index < -0.39 is 0 Å². The molecule has 72 valence electrons. The van der Waals surface area contributed by atoms with E-state index in [0.29, 0.717) is 12.5 Å². The third-order valence-electron chi connectivity index (χ3n) is 2.23. The highest BCUT2D eigenvalue weighted by molar-refractivity contribution is 4.85. The van der Waals surface area contributed by atoms with Crippen LogP contribution in [0.3, 0.4) is 0 Å². The Labute approximate surface area is 74.1 Å². The Hall–Kier alpha value is -0.120. The minimum absolute atomic E-state index is 0.180. The van der Waals surface area contributed by atoms with E-state index in [1.165, 1.54) is 0 Å². The molecule has 0 spiro atoms. The van der Waals surface area contributed by atoms with Crippen LogP contribution in [0.4, 0.5) is 0 Å². The lowest BCUT2D eigenvalue weighted by molar-refractivity contribution is -0.0891. The lowest BCUT2D eigenvalue weighted by atomic mass is 9.97. The van der Waals surface area contributed by atoms with Gasteiger partial charge in [-0.2, -0.15) is 0 Å². The number of ether oxygens (including phenoxy) is 1. The third-order valence-corrected chi connectivity index (χ3v) is 2.23. The monoisotopic (exact) mass is 173 g/mol. The summed E-state index contributed by atoms with van der Waals surface area (Å²) >= 11 is 0. The molecule has 3 nitrogen and oxygen atoms in total. The molecule has 1 fully saturated rings. The number of aliphatic hydroxyl groups excluding tert-OH is 1. The van der Waals surface area contributed by atoms with Crippen LogP contribution in [0.25, 0.3) is 0 Å². The van der Waals surface area contributed by atoms with Crippen LogP contribution >= 0.6 is 0 Å². The number of hydrogen-bond donors (Lipinski definition) is 2. The zero-order valence-corrected chi connectivity index (χ0v) is 8.13. The van der Waals surface area contributed by atoms with Gasteiger partial charge in [-0.3, -0.25) is 0 Å². The van der Waals surface area contributed by atoms with Gasteiger partial charge in [-0.25, -0.2) is 0 Å². The molecule has 0 aromatic carbocycles. The maximum Gasteiger partial charge on any atom is 0.0803 e. The number of morpholine rings is 1. The first-order valence-electron chi connectivity index (χ1n) is 4.57. The largest absolute Gasteiger partial charge is 0.393 e. The van der Waals surface area contributed by atoms with Crippen molar-refractivity contribution >= 4 is 0 Å². The SMILES string of the molecule is CC(O)CC1(C)CNC(C)CO1. The highest BCUT2D eigenvalue weighted by atomic mass is 16.5. The molecule has 0 radical (unpaired) electrons. The Kier molecular flexibility index (Phi) is 3.09. The fraction of sp³-hybridized carbons (Fsp3) is 1.00. The molecule has 0 aromatic rings. The van der Waals surface area contributed by atoms with Crippen molar-refractivity contribution in [1.82, 2.24) is 5.32 Å². The molecule has 3 unspecified atom stereocenters. The average molecular weight is 173 g/mol. The number of nitrogens with one attached hydrogen (secondary N) is 1. The van der Waals surface area contributed by atoms with E-state index in [4.69, 9.17) is 4.74 Å². The zero-order valence-electron chi connectivity index (χ0n) is 8.13. The lowest BCUT2D eigenvalue weighted by Crippen LogP contribution is -2.52. The molecule has 1 rings (SSSR count). The molecule has 12 heavy (non-hydrogen) atoms. The van der Waals surface area contributed by atoms with Crippen molar-refractivity contribution in [2.45, 2.75) is 44.9 Å². The summed E-state index contributed by atoms with van der Waals surface area (Å²) in [6.45, 7) is 7.51. The summed E-state index contributed by atoms with van der Waals surface area (Å²) in [7, 11) is 0. The van der Waals surface area contributed by atoms with Crippen LogP contribution in [-0.4, -0.2) is 36.0 Å². The van der Waals surface area contributed by atoms with Crippen molar-refractivity contribution < 1.29 is 9.84 Å². The molecular formula is C9H19NO2. The van der Waals surface area contributed by atoms with E-state index >= 15 is 0 Å². The van der Waals surface area contributed by atoms with Gasteiger partial charge in [-0.15, -0.1) is 0 Å². The molecule has 3 atom stereocenters. The molecule has 0 aliphatic carbocycles. The zero-order chi connectivity index (χ0) is 9.19. The molecule has 1 heterocycles.